The SMILES string of the molecule is CCC(=Cc1sc2ccc(OC)cc2[n+]1CC)C=C1Oc2ccc(-c3ccccc3)cc2N1CCCS(=O)(=O)[O-]. The summed E-state index contributed by atoms with van der Waals surface area (Å²) in [6, 6.07) is 22.2. The first-order valence-corrected chi connectivity index (χ1v) is 15.7. The fourth-order valence-electron chi connectivity index (χ4n) is 4.85. The van der Waals surface area contributed by atoms with Crippen LogP contribution >= 0.6 is 11.3 Å². The summed E-state index contributed by atoms with van der Waals surface area (Å²) in [5.41, 5.74) is 5.14. The number of hydrogen-bond donors (Lipinski definition) is 0. The quantitative estimate of drug-likeness (QED) is 0.162. The summed E-state index contributed by atoms with van der Waals surface area (Å²) in [6.45, 7) is 5.37. The first-order chi connectivity index (χ1) is 19.3. The van der Waals surface area contributed by atoms with Crippen LogP contribution in [0.4, 0.5) is 5.69 Å². The molecule has 2 heterocycles. The summed E-state index contributed by atoms with van der Waals surface area (Å²) >= 11 is 1.72. The standard InChI is InChI=1S/C31H32N2O5S2/c1-4-22(19-31-32(5-2)27-21-25(37-3)13-15-29(27)39-31)18-30-33(16-9-17-40(34,35)36)26-20-24(12-14-28(26)38-30)23-10-7-6-8-11-23/h6-8,10-15,18-21H,4-5,9,16-17H2,1-3H3. The van der Waals surface area contributed by atoms with Gasteiger partial charge in [-0.3, -0.25) is 0 Å². The molecule has 40 heavy (non-hydrogen) atoms. The third-order valence-corrected chi connectivity index (χ3v) is 8.79. The Bertz CT molecular complexity index is 1690. The number of fused-ring (bicyclic) bond motifs is 2. The zero-order valence-corrected chi connectivity index (χ0v) is 24.4. The lowest BCUT2D eigenvalue weighted by molar-refractivity contribution is -0.665. The number of anilines is 1. The highest BCUT2D eigenvalue weighted by Crippen LogP contribution is 2.42. The van der Waals surface area contributed by atoms with E-state index in [1.807, 2.05) is 59.5 Å². The third kappa shape index (κ3) is 6.06. The van der Waals surface area contributed by atoms with E-state index in [0.29, 0.717) is 18.2 Å². The number of hydrogen-bond acceptors (Lipinski definition) is 7. The number of aryl methyl sites for hydroxylation is 1. The summed E-state index contributed by atoms with van der Waals surface area (Å²) < 4.78 is 49.2. The Morgan fingerprint density at radius 1 is 1.07 bits per heavy atom. The van der Waals surface area contributed by atoms with Crippen molar-refractivity contribution < 1.29 is 27.0 Å². The Hall–Kier alpha value is -3.66. The molecule has 1 aromatic heterocycles. The van der Waals surface area contributed by atoms with Crippen LogP contribution in [0.2, 0.25) is 0 Å². The average Bonchev–Trinajstić information content (AvgIpc) is 3.48. The average molecular weight is 577 g/mol. The highest BCUT2D eigenvalue weighted by molar-refractivity contribution is 7.85. The summed E-state index contributed by atoms with van der Waals surface area (Å²) in [5.74, 6) is 1.71. The fourth-order valence-corrected chi connectivity index (χ4v) is 6.52. The Labute approximate surface area is 239 Å². The van der Waals surface area contributed by atoms with Gasteiger partial charge >= 0.3 is 0 Å². The molecule has 0 radical (unpaired) electrons. The molecule has 1 aliphatic rings. The van der Waals surface area contributed by atoms with Crippen molar-refractivity contribution in [3.05, 3.63) is 89.3 Å². The zero-order valence-electron chi connectivity index (χ0n) is 22.8. The molecular formula is C31H32N2O5S2. The van der Waals surface area contributed by atoms with Crippen molar-refractivity contribution in [3.8, 4) is 22.6 Å². The summed E-state index contributed by atoms with van der Waals surface area (Å²) in [4.78, 5) is 1.97. The lowest BCUT2D eigenvalue weighted by atomic mass is 10.0. The topological polar surface area (TPSA) is 82.8 Å². The molecule has 9 heteroatoms. The van der Waals surface area contributed by atoms with Crippen molar-refractivity contribution in [3.63, 3.8) is 0 Å². The largest absolute Gasteiger partial charge is 0.748 e. The fraction of sp³-hybridized carbons (Fsp3) is 0.258. The predicted octanol–water partition coefficient (Wildman–Crippen LogP) is 6.35. The molecule has 0 saturated carbocycles. The van der Waals surface area contributed by atoms with Gasteiger partial charge in [-0.15, -0.1) is 0 Å². The highest BCUT2D eigenvalue weighted by atomic mass is 32.2. The molecule has 0 N–H and O–H groups in total. The molecule has 0 aliphatic carbocycles. The van der Waals surface area contributed by atoms with Crippen LogP contribution in [0, 0.1) is 0 Å². The van der Waals surface area contributed by atoms with Gasteiger partial charge in [0, 0.05) is 24.4 Å². The predicted molar refractivity (Wildman–Crippen MR) is 160 cm³/mol. The first kappa shape index (κ1) is 27.9. The minimum Gasteiger partial charge on any atom is -0.748 e. The number of nitrogens with zero attached hydrogens (tertiary/aromatic N) is 2. The molecular weight excluding hydrogens is 544 g/mol. The van der Waals surface area contributed by atoms with Crippen LogP contribution in [-0.4, -0.2) is 32.4 Å². The van der Waals surface area contributed by atoms with Crippen molar-refractivity contribution in [2.45, 2.75) is 33.2 Å². The number of ether oxygens (including phenoxy) is 2. The molecule has 0 saturated heterocycles. The van der Waals surface area contributed by atoms with Gasteiger partial charge in [0.25, 0.3) is 5.01 Å². The Balaban J connectivity index is 1.53. The Kier molecular flexibility index (Phi) is 8.25. The monoisotopic (exact) mass is 576 g/mol. The van der Waals surface area contributed by atoms with Crippen LogP contribution in [0.15, 0.2) is 84.3 Å². The zero-order chi connectivity index (χ0) is 28.3. The second kappa shape index (κ2) is 11.8. The van der Waals surface area contributed by atoms with E-state index in [-0.39, 0.29) is 6.42 Å². The molecule has 5 rings (SSSR count). The van der Waals surface area contributed by atoms with Gasteiger partial charge in [-0.05, 0) is 60.7 Å². The van der Waals surface area contributed by atoms with E-state index in [1.54, 1.807) is 18.4 Å². The summed E-state index contributed by atoms with van der Waals surface area (Å²) in [5, 5.41) is 1.12. The maximum Gasteiger partial charge on any atom is 0.263 e. The van der Waals surface area contributed by atoms with Crippen LogP contribution < -0.4 is 18.9 Å². The van der Waals surface area contributed by atoms with Gasteiger partial charge in [-0.25, -0.2) is 8.42 Å². The van der Waals surface area contributed by atoms with E-state index in [9.17, 15) is 13.0 Å². The smallest absolute Gasteiger partial charge is 0.263 e. The molecule has 1 aliphatic heterocycles. The number of allylic oxidation sites excluding steroid dienone is 2. The molecule has 0 amide bonds. The van der Waals surface area contributed by atoms with Gasteiger partial charge in [0.1, 0.15) is 17.0 Å². The molecule has 3 aromatic carbocycles. The van der Waals surface area contributed by atoms with Crippen molar-refractivity contribution in [2.75, 3.05) is 24.3 Å². The third-order valence-electron chi connectivity index (χ3n) is 6.89. The van der Waals surface area contributed by atoms with E-state index in [1.165, 1.54) is 4.70 Å². The summed E-state index contributed by atoms with van der Waals surface area (Å²) in [7, 11) is -2.64. The molecule has 0 atom stereocenters. The minimum atomic E-state index is -4.31. The highest BCUT2D eigenvalue weighted by Gasteiger charge is 2.27. The van der Waals surface area contributed by atoms with Crippen molar-refractivity contribution in [1.82, 2.24) is 0 Å². The van der Waals surface area contributed by atoms with Gasteiger partial charge < -0.3 is 18.9 Å². The van der Waals surface area contributed by atoms with Crippen LogP contribution in [0.5, 0.6) is 11.5 Å². The molecule has 208 valence electrons. The molecule has 0 spiro atoms. The van der Waals surface area contributed by atoms with Crippen molar-refractivity contribution in [2.24, 2.45) is 0 Å². The van der Waals surface area contributed by atoms with Gasteiger partial charge in [-0.2, -0.15) is 4.57 Å². The molecule has 0 bridgehead atoms. The maximum absolute atomic E-state index is 11.3. The van der Waals surface area contributed by atoms with E-state index < -0.39 is 15.9 Å². The minimum absolute atomic E-state index is 0.195. The number of rotatable bonds is 10. The second-order valence-electron chi connectivity index (χ2n) is 9.49. The first-order valence-electron chi connectivity index (χ1n) is 13.3. The molecule has 4 aromatic rings. The van der Waals surface area contributed by atoms with Gasteiger partial charge in [0.15, 0.2) is 5.75 Å². The number of aromatic nitrogens is 1. The van der Waals surface area contributed by atoms with Crippen LogP contribution in [0.1, 0.15) is 31.7 Å². The van der Waals surface area contributed by atoms with E-state index >= 15 is 0 Å². The Morgan fingerprint density at radius 3 is 2.58 bits per heavy atom. The van der Waals surface area contributed by atoms with Gasteiger partial charge in [0.2, 0.25) is 11.4 Å². The number of thiazole rings is 1. The van der Waals surface area contributed by atoms with Crippen molar-refractivity contribution in [1.29, 1.82) is 0 Å². The van der Waals surface area contributed by atoms with Crippen LogP contribution in [-0.2, 0) is 16.7 Å². The lowest BCUT2D eigenvalue weighted by Crippen LogP contribution is -2.33. The molecule has 0 fully saturated rings. The Morgan fingerprint density at radius 2 is 1.88 bits per heavy atom. The molecule has 0 unspecified atom stereocenters. The normalized spacial score (nSPS) is 14.6. The number of methoxy groups -OCH3 is 1. The van der Waals surface area contributed by atoms with E-state index in [0.717, 1.165) is 51.6 Å². The second-order valence-corrected chi connectivity index (χ2v) is 12.1. The lowest BCUT2D eigenvalue weighted by Gasteiger charge is -2.19. The molecule has 7 nitrogen and oxygen atoms in total. The van der Waals surface area contributed by atoms with Gasteiger partial charge in [-0.1, -0.05) is 54.7 Å². The van der Waals surface area contributed by atoms with Crippen molar-refractivity contribution >= 4 is 43.4 Å². The van der Waals surface area contributed by atoms with Gasteiger partial charge in [0.05, 0.1) is 29.0 Å². The maximum atomic E-state index is 11.3. The van der Waals surface area contributed by atoms with E-state index in [4.69, 9.17) is 9.47 Å². The van der Waals surface area contributed by atoms with E-state index in [2.05, 4.69) is 42.7 Å². The number of benzene rings is 3. The van der Waals surface area contributed by atoms with Crippen LogP contribution in [0.3, 0.4) is 0 Å². The summed E-state index contributed by atoms with van der Waals surface area (Å²) in [6.07, 6.45) is 5.15. The van der Waals surface area contributed by atoms with Crippen LogP contribution in [0.25, 0.3) is 27.4 Å².